The number of methoxy groups -OCH3 is 1. The standard InChI is InChI=1S/C7H12O5/c1-10-6-4(8)3-2-11-7(12-3)5(6)9/h3-9H,2H2,1H3/t3-,4+,5-,6+,7-/m1/s1. The third-order valence-electron chi connectivity index (χ3n) is 2.34. The monoisotopic (exact) mass is 176 g/mol. The summed E-state index contributed by atoms with van der Waals surface area (Å²) >= 11 is 0. The highest BCUT2D eigenvalue weighted by Crippen LogP contribution is 2.29. The van der Waals surface area contributed by atoms with E-state index < -0.39 is 24.6 Å². The van der Waals surface area contributed by atoms with Crippen molar-refractivity contribution in [2.75, 3.05) is 13.7 Å². The van der Waals surface area contributed by atoms with Gasteiger partial charge >= 0.3 is 0 Å². The molecule has 2 heterocycles. The van der Waals surface area contributed by atoms with Crippen LogP contribution in [-0.4, -0.2) is 54.6 Å². The summed E-state index contributed by atoms with van der Waals surface area (Å²) in [6.07, 6.45) is -3.30. The van der Waals surface area contributed by atoms with Crippen molar-refractivity contribution in [3.05, 3.63) is 0 Å². The van der Waals surface area contributed by atoms with Gasteiger partial charge in [-0.2, -0.15) is 0 Å². The van der Waals surface area contributed by atoms with Gasteiger partial charge in [0.05, 0.1) is 6.61 Å². The lowest BCUT2D eigenvalue weighted by atomic mass is 10.0. The van der Waals surface area contributed by atoms with E-state index in [4.69, 9.17) is 14.2 Å². The summed E-state index contributed by atoms with van der Waals surface area (Å²) in [5.41, 5.74) is 0. The molecule has 12 heavy (non-hydrogen) atoms. The van der Waals surface area contributed by atoms with Gasteiger partial charge in [0.25, 0.3) is 0 Å². The van der Waals surface area contributed by atoms with Crippen LogP contribution in [0.1, 0.15) is 0 Å². The lowest BCUT2D eigenvalue weighted by Crippen LogP contribution is -2.54. The summed E-state index contributed by atoms with van der Waals surface area (Å²) < 4.78 is 15.2. The summed E-state index contributed by atoms with van der Waals surface area (Å²) in [6.45, 7) is 0.322. The van der Waals surface area contributed by atoms with E-state index in [2.05, 4.69) is 0 Å². The Hall–Kier alpha value is -0.200. The van der Waals surface area contributed by atoms with Crippen LogP contribution in [-0.2, 0) is 14.2 Å². The van der Waals surface area contributed by atoms with E-state index in [9.17, 15) is 10.2 Å². The van der Waals surface area contributed by atoms with Crippen molar-refractivity contribution < 1.29 is 24.4 Å². The van der Waals surface area contributed by atoms with Crippen molar-refractivity contribution in [1.29, 1.82) is 0 Å². The number of aliphatic hydroxyl groups is 2. The maximum absolute atomic E-state index is 9.54. The molecule has 0 saturated carbocycles. The Morgan fingerprint density at radius 3 is 2.75 bits per heavy atom. The fraction of sp³-hybridized carbons (Fsp3) is 1.00. The zero-order chi connectivity index (χ0) is 8.72. The number of hydrogen-bond acceptors (Lipinski definition) is 5. The van der Waals surface area contributed by atoms with Crippen molar-refractivity contribution in [2.24, 2.45) is 0 Å². The number of ether oxygens (including phenoxy) is 3. The molecule has 0 spiro atoms. The van der Waals surface area contributed by atoms with Gasteiger partial charge in [0.2, 0.25) is 0 Å². The van der Waals surface area contributed by atoms with E-state index in [0.717, 1.165) is 0 Å². The fourth-order valence-electron chi connectivity index (χ4n) is 1.65. The maximum atomic E-state index is 9.54. The van der Waals surface area contributed by atoms with Crippen LogP contribution in [0, 0.1) is 0 Å². The summed E-state index contributed by atoms with van der Waals surface area (Å²) in [5, 5.41) is 19.0. The molecule has 2 bridgehead atoms. The summed E-state index contributed by atoms with van der Waals surface area (Å²) in [4.78, 5) is 0. The Bertz CT molecular complexity index is 157. The molecule has 0 aromatic heterocycles. The number of fused-ring (bicyclic) bond motifs is 2. The second-order valence-corrected chi connectivity index (χ2v) is 3.06. The zero-order valence-corrected chi connectivity index (χ0v) is 6.71. The van der Waals surface area contributed by atoms with Crippen molar-refractivity contribution in [3.63, 3.8) is 0 Å². The molecule has 0 aliphatic carbocycles. The average Bonchev–Trinajstić information content (AvgIpc) is 2.48. The second-order valence-electron chi connectivity index (χ2n) is 3.06. The molecule has 5 heteroatoms. The Morgan fingerprint density at radius 2 is 2.08 bits per heavy atom. The minimum Gasteiger partial charge on any atom is -0.387 e. The molecular formula is C7H12O5. The van der Waals surface area contributed by atoms with Crippen LogP contribution in [0.5, 0.6) is 0 Å². The second kappa shape index (κ2) is 2.93. The van der Waals surface area contributed by atoms with Crippen LogP contribution >= 0.6 is 0 Å². The molecule has 0 unspecified atom stereocenters. The predicted molar refractivity (Wildman–Crippen MR) is 37.4 cm³/mol. The highest BCUT2D eigenvalue weighted by molar-refractivity contribution is 4.93. The van der Waals surface area contributed by atoms with Gasteiger partial charge in [0.1, 0.15) is 24.4 Å². The first-order chi connectivity index (χ1) is 5.74. The molecule has 5 nitrogen and oxygen atoms in total. The molecule has 0 amide bonds. The molecule has 0 aromatic carbocycles. The summed E-state index contributed by atoms with van der Waals surface area (Å²) in [7, 11) is 1.45. The largest absolute Gasteiger partial charge is 0.387 e. The molecule has 2 N–H and O–H groups in total. The molecule has 2 saturated heterocycles. The van der Waals surface area contributed by atoms with Gasteiger partial charge in [-0.3, -0.25) is 0 Å². The fourth-order valence-corrected chi connectivity index (χ4v) is 1.65. The Labute approximate surface area is 69.8 Å². The van der Waals surface area contributed by atoms with Gasteiger partial charge in [-0.15, -0.1) is 0 Å². The third-order valence-corrected chi connectivity index (χ3v) is 2.34. The minimum absolute atomic E-state index is 0.322. The molecule has 0 radical (unpaired) electrons. The van der Waals surface area contributed by atoms with Crippen molar-refractivity contribution in [1.82, 2.24) is 0 Å². The lowest BCUT2D eigenvalue weighted by molar-refractivity contribution is -0.234. The molecule has 2 fully saturated rings. The van der Waals surface area contributed by atoms with Crippen molar-refractivity contribution >= 4 is 0 Å². The predicted octanol–water partition coefficient (Wildman–Crippen LogP) is -1.52. The molecule has 5 atom stereocenters. The van der Waals surface area contributed by atoms with Crippen LogP contribution < -0.4 is 0 Å². The van der Waals surface area contributed by atoms with Gasteiger partial charge in [-0.1, -0.05) is 0 Å². The molecule has 2 aliphatic heterocycles. The van der Waals surface area contributed by atoms with E-state index in [1.165, 1.54) is 7.11 Å². The van der Waals surface area contributed by atoms with E-state index in [1.807, 2.05) is 0 Å². The van der Waals surface area contributed by atoms with Crippen molar-refractivity contribution in [2.45, 2.75) is 30.7 Å². The molecule has 0 aromatic rings. The maximum Gasteiger partial charge on any atom is 0.186 e. The van der Waals surface area contributed by atoms with Gasteiger partial charge in [-0.25, -0.2) is 0 Å². The Morgan fingerprint density at radius 1 is 1.33 bits per heavy atom. The first-order valence-electron chi connectivity index (χ1n) is 3.90. The molecular weight excluding hydrogens is 164 g/mol. The van der Waals surface area contributed by atoms with E-state index in [1.54, 1.807) is 0 Å². The smallest absolute Gasteiger partial charge is 0.186 e. The van der Waals surface area contributed by atoms with E-state index in [-0.39, 0.29) is 6.10 Å². The van der Waals surface area contributed by atoms with Gasteiger partial charge in [0.15, 0.2) is 6.29 Å². The number of rotatable bonds is 1. The van der Waals surface area contributed by atoms with Crippen molar-refractivity contribution in [3.8, 4) is 0 Å². The zero-order valence-electron chi connectivity index (χ0n) is 6.71. The number of hydrogen-bond donors (Lipinski definition) is 2. The quantitative estimate of drug-likeness (QED) is 0.507. The van der Waals surface area contributed by atoms with Crippen LogP contribution in [0.3, 0.4) is 0 Å². The van der Waals surface area contributed by atoms with Crippen LogP contribution in [0.25, 0.3) is 0 Å². The highest BCUT2D eigenvalue weighted by Gasteiger charge is 2.49. The Kier molecular flexibility index (Phi) is 2.05. The van der Waals surface area contributed by atoms with Crippen LogP contribution in [0.15, 0.2) is 0 Å². The minimum atomic E-state index is -0.899. The van der Waals surface area contributed by atoms with Crippen LogP contribution in [0.4, 0.5) is 0 Å². The summed E-state index contributed by atoms with van der Waals surface area (Å²) in [6, 6.07) is 0. The third kappa shape index (κ3) is 1.06. The van der Waals surface area contributed by atoms with E-state index >= 15 is 0 Å². The first-order valence-corrected chi connectivity index (χ1v) is 3.90. The average molecular weight is 176 g/mol. The molecule has 70 valence electrons. The first kappa shape index (κ1) is 8.40. The van der Waals surface area contributed by atoms with Crippen LogP contribution in [0.2, 0.25) is 0 Å². The number of aliphatic hydroxyl groups excluding tert-OH is 2. The normalized spacial score (nSPS) is 52.8. The van der Waals surface area contributed by atoms with Gasteiger partial charge < -0.3 is 24.4 Å². The molecule has 2 aliphatic rings. The molecule has 2 rings (SSSR count). The van der Waals surface area contributed by atoms with Gasteiger partial charge in [-0.05, 0) is 0 Å². The summed E-state index contributed by atoms with van der Waals surface area (Å²) in [5.74, 6) is 0. The highest BCUT2D eigenvalue weighted by atomic mass is 16.7. The topological polar surface area (TPSA) is 68.2 Å². The SMILES string of the molecule is CO[C@H]1[C@@H](O)[C@H]2CO[C@H](O2)[C@@H]1O. The van der Waals surface area contributed by atoms with Gasteiger partial charge in [0, 0.05) is 7.11 Å². The lowest BCUT2D eigenvalue weighted by Gasteiger charge is -2.34. The van der Waals surface area contributed by atoms with E-state index in [0.29, 0.717) is 6.61 Å². The Balaban J connectivity index is 2.14.